The monoisotopic (exact) mass is 257 g/mol. The van der Waals surface area contributed by atoms with E-state index in [0.717, 1.165) is 17.5 Å². The number of halogens is 2. The van der Waals surface area contributed by atoms with Gasteiger partial charge in [0.2, 0.25) is 0 Å². The highest BCUT2D eigenvalue weighted by Gasteiger charge is 2.11. The summed E-state index contributed by atoms with van der Waals surface area (Å²) in [5.41, 5.74) is 0. The maximum Gasteiger partial charge on any atom is 0.346 e. The number of thiophene rings is 1. The third kappa shape index (κ3) is 2.56. The summed E-state index contributed by atoms with van der Waals surface area (Å²) in [7, 11) is 0. The number of nitrogens with zero attached hydrogens (tertiary/aromatic N) is 1. The summed E-state index contributed by atoms with van der Waals surface area (Å²) in [6, 6.07) is 1.87. The van der Waals surface area contributed by atoms with Crippen LogP contribution in [-0.2, 0) is 0 Å². The number of pyridine rings is 1. The van der Waals surface area contributed by atoms with Crippen molar-refractivity contribution in [2.45, 2.75) is 0 Å². The minimum atomic E-state index is -1.10. The first-order valence-corrected chi connectivity index (χ1v) is 5.25. The van der Waals surface area contributed by atoms with Crippen LogP contribution in [0.1, 0.15) is 9.67 Å². The van der Waals surface area contributed by atoms with E-state index in [1.807, 2.05) is 0 Å². The van der Waals surface area contributed by atoms with Gasteiger partial charge in [0.15, 0.2) is 5.82 Å². The summed E-state index contributed by atoms with van der Waals surface area (Å²) < 4.78 is 30.7. The molecule has 4 nitrogen and oxygen atoms in total. The zero-order valence-corrected chi connectivity index (χ0v) is 9.00. The van der Waals surface area contributed by atoms with E-state index in [1.165, 1.54) is 11.4 Å². The molecule has 88 valence electrons. The quantitative estimate of drug-likeness (QED) is 0.918. The summed E-state index contributed by atoms with van der Waals surface area (Å²) >= 11 is 0.937. The van der Waals surface area contributed by atoms with Crippen molar-refractivity contribution in [1.82, 2.24) is 4.98 Å². The van der Waals surface area contributed by atoms with Crippen LogP contribution in [0, 0.1) is 11.6 Å². The van der Waals surface area contributed by atoms with Crippen LogP contribution in [0.15, 0.2) is 23.7 Å². The number of ether oxygens (including phenoxy) is 1. The lowest BCUT2D eigenvalue weighted by molar-refractivity contribution is 0.0702. The Hall–Kier alpha value is -2.02. The Morgan fingerprint density at radius 2 is 2.18 bits per heavy atom. The Labute approximate surface area is 98.1 Å². The number of carboxylic acid groups (broad SMARTS) is 1. The summed E-state index contributed by atoms with van der Waals surface area (Å²) in [6.07, 6.45) is 0.808. The van der Waals surface area contributed by atoms with Gasteiger partial charge in [0.25, 0.3) is 5.88 Å². The van der Waals surface area contributed by atoms with Gasteiger partial charge in [-0.2, -0.15) is 0 Å². The van der Waals surface area contributed by atoms with Gasteiger partial charge in [0, 0.05) is 17.5 Å². The van der Waals surface area contributed by atoms with Gasteiger partial charge in [-0.1, -0.05) is 0 Å². The molecule has 17 heavy (non-hydrogen) atoms. The minimum Gasteiger partial charge on any atom is -0.477 e. The van der Waals surface area contributed by atoms with Crippen LogP contribution in [0.5, 0.6) is 11.6 Å². The fourth-order valence-corrected chi connectivity index (χ4v) is 1.72. The summed E-state index contributed by atoms with van der Waals surface area (Å²) in [4.78, 5) is 14.1. The molecule has 0 aliphatic rings. The van der Waals surface area contributed by atoms with E-state index in [4.69, 9.17) is 9.84 Å². The molecule has 0 unspecified atom stereocenters. The van der Waals surface area contributed by atoms with Gasteiger partial charge in [-0.15, -0.1) is 11.3 Å². The second-order valence-electron chi connectivity index (χ2n) is 2.99. The van der Waals surface area contributed by atoms with E-state index in [-0.39, 0.29) is 10.6 Å². The Bertz CT molecular complexity index is 570. The average Bonchev–Trinajstić information content (AvgIpc) is 2.71. The lowest BCUT2D eigenvalue weighted by Gasteiger charge is -2.02. The zero-order valence-electron chi connectivity index (χ0n) is 8.18. The lowest BCUT2D eigenvalue weighted by atomic mass is 10.4. The van der Waals surface area contributed by atoms with E-state index in [2.05, 4.69) is 4.98 Å². The predicted octanol–water partition coefficient (Wildman–Crippen LogP) is 2.91. The minimum absolute atomic E-state index is 0.0579. The summed E-state index contributed by atoms with van der Waals surface area (Å²) in [5, 5.41) is 10.1. The van der Waals surface area contributed by atoms with E-state index >= 15 is 0 Å². The highest BCUT2D eigenvalue weighted by molar-refractivity contribution is 7.12. The fourth-order valence-electron chi connectivity index (χ4n) is 1.07. The van der Waals surface area contributed by atoms with Crippen molar-refractivity contribution in [3.05, 3.63) is 40.2 Å². The molecule has 1 N–H and O–H groups in total. The van der Waals surface area contributed by atoms with Gasteiger partial charge >= 0.3 is 5.97 Å². The van der Waals surface area contributed by atoms with Crippen molar-refractivity contribution >= 4 is 17.3 Å². The summed E-state index contributed by atoms with van der Waals surface area (Å²) in [6.45, 7) is 0. The van der Waals surface area contributed by atoms with Crippen LogP contribution >= 0.6 is 11.3 Å². The molecule has 0 saturated heterocycles. The molecule has 0 aromatic carbocycles. The lowest BCUT2D eigenvalue weighted by Crippen LogP contribution is -1.93. The number of carbonyl (C=O) groups is 1. The Morgan fingerprint density at radius 3 is 2.76 bits per heavy atom. The number of rotatable bonds is 3. The number of aromatic nitrogens is 1. The third-order valence-corrected chi connectivity index (χ3v) is 2.67. The molecule has 2 rings (SSSR count). The first-order chi connectivity index (χ1) is 8.06. The highest BCUT2D eigenvalue weighted by atomic mass is 32.1. The van der Waals surface area contributed by atoms with Crippen molar-refractivity contribution in [2.75, 3.05) is 0 Å². The molecular weight excluding hydrogens is 252 g/mol. The fraction of sp³-hybridized carbons (Fsp3) is 0. The van der Waals surface area contributed by atoms with Gasteiger partial charge in [-0.05, 0) is 0 Å². The Balaban J connectivity index is 2.22. The van der Waals surface area contributed by atoms with Gasteiger partial charge in [-0.3, -0.25) is 0 Å². The van der Waals surface area contributed by atoms with Crippen LogP contribution in [0.3, 0.4) is 0 Å². The highest BCUT2D eigenvalue weighted by Crippen LogP contribution is 2.27. The predicted molar refractivity (Wildman–Crippen MR) is 55.5 cm³/mol. The van der Waals surface area contributed by atoms with Gasteiger partial charge in [-0.25, -0.2) is 18.6 Å². The van der Waals surface area contributed by atoms with Crippen LogP contribution in [0.4, 0.5) is 8.78 Å². The van der Waals surface area contributed by atoms with Crippen LogP contribution in [-0.4, -0.2) is 16.1 Å². The Kier molecular flexibility index (Phi) is 3.01. The van der Waals surface area contributed by atoms with Crippen LogP contribution in [0.2, 0.25) is 0 Å². The average molecular weight is 257 g/mol. The topological polar surface area (TPSA) is 59.4 Å². The largest absolute Gasteiger partial charge is 0.477 e. The first-order valence-electron chi connectivity index (χ1n) is 4.37. The molecule has 0 aliphatic carbocycles. The van der Waals surface area contributed by atoms with Crippen LogP contribution < -0.4 is 4.74 Å². The van der Waals surface area contributed by atoms with E-state index in [0.29, 0.717) is 6.07 Å². The Morgan fingerprint density at radius 1 is 1.41 bits per heavy atom. The molecule has 0 spiro atoms. The van der Waals surface area contributed by atoms with Gasteiger partial charge in [0.1, 0.15) is 16.4 Å². The number of hydrogen-bond donors (Lipinski definition) is 1. The van der Waals surface area contributed by atoms with Crippen molar-refractivity contribution in [2.24, 2.45) is 0 Å². The van der Waals surface area contributed by atoms with Gasteiger partial charge in [0.05, 0.1) is 6.20 Å². The van der Waals surface area contributed by atoms with Crippen molar-refractivity contribution < 1.29 is 23.4 Å². The molecule has 0 bridgehead atoms. The molecule has 0 aliphatic heterocycles. The van der Waals surface area contributed by atoms with Crippen LogP contribution in [0.25, 0.3) is 0 Å². The number of carboxylic acids is 1. The molecular formula is C10H5F2NO3S. The number of aromatic carboxylic acids is 1. The van der Waals surface area contributed by atoms with Crippen molar-refractivity contribution in [1.29, 1.82) is 0 Å². The van der Waals surface area contributed by atoms with E-state index < -0.39 is 23.5 Å². The smallest absolute Gasteiger partial charge is 0.346 e. The number of hydrogen-bond acceptors (Lipinski definition) is 4. The molecule has 2 aromatic heterocycles. The molecule has 0 amide bonds. The maximum atomic E-state index is 13.2. The molecule has 0 radical (unpaired) electrons. The maximum absolute atomic E-state index is 13.2. The third-order valence-electron chi connectivity index (χ3n) is 1.77. The van der Waals surface area contributed by atoms with E-state index in [1.54, 1.807) is 0 Å². The zero-order chi connectivity index (χ0) is 12.4. The molecule has 7 heteroatoms. The second-order valence-corrected chi connectivity index (χ2v) is 3.91. The van der Waals surface area contributed by atoms with Crippen molar-refractivity contribution in [3.8, 4) is 11.6 Å². The second kappa shape index (κ2) is 4.46. The molecule has 2 aromatic rings. The summed E-state index contributed by atoms with van der Waals surface area (Å²) in [5.74, 6) is -3.12. The van der Waals surface area contributed by atoms with Crippen molar-refractivity contribution in [3.63, 3.8) is 0 Å². The molecule has 0 saturated carbocycles. The molecule has 0 atom stereocenters. The SMILES string of the molecule is O=C(O)c1cc(Oc2ncc(F)cc2F)cs1. The first kappa shape index (κ1) is 11.5. The standard InChI is InChI=1S/C10H5F2NO3S/c11-5-1-7(12)9(13-3-5)16-6-2-8(10(14)15)17-4-6/h1-4H,(H,14,15). The molecule has 0 fully saturated rings. The molecule has 2 heterocycles. The van der Waals surface area contributed by atoms with E-state index in [9.17, 15) is 13.6 Å². The normalized spacial score (nSPS) is 10.2. The van der Waals surface area contributed by atoms with Gasteiger partial charge < -0.3 is 9.84 Å².